The minimum atomic E-state index is -0.441. The number of methoxy groups -OCH3 is 1. The molecule has 0 N–H and O–H groups in total. The molecule has 0 bridgehead atoms. The van der Waals surface area contributed by atoms with Gasteiger partial charge in [-0.3, -0.25) is 0 Å². The summed E-state index contributed by atoms with van der Waals surface area (Å²) in [6, 6.07) is 9.72. The van der Waals surface area contributed by atoms with Crippen LogP contribution in [0.3, 0.4) is 0 Å². The lowest BCUT2D eigenvalue weighted by atomic mass is 9.98. The van der Waals surface area contributed by atoms with Crippen molar-refractivity contribution >= 4 is 0 Å². The Morgan fingerprint density at radius 1 is 1.57 bits per heavy atom. The maximum atomic E-state index is 8.72. The lowest BCUT2D eigenvalue weighted by molar-refractivity contribution is 0.320. The van der Waals surface area contributed by atoms with Crippen LogP contribution >= 0.6 is 0 Å². The van der Waals surface area contributed by atoms with Gasteiger partial charge < -0.3 is 9.47 Å². The van der Waals surface area contributed by atoms with Gasteiger partial charge in [-0.15, -0.1) is 0 Å². The van der Waals surface area contributed by atoms with Gasteiger partial charge in [0.15, 0.2) is 6.10 Å². The average Bonchev–Trinajstić information content (AvgIpc) is 2.92. The molecule has 1 fully saturated rings. The second kappa shape index (κ2) is 3.00. The van der Waals surface area contributed by atoms with E-state index in [2.05, 4.69) is 6.07 Å². The van der Waals surface area contributed by atoms with Gasteiger partial charge in [-0.05, 0) is 24.6 Å². The molecule has 0 amide bonds. The molecule has 72 valence electrons. The molecule has 1 aromatic carbocycles. The van der Waals surface area contributed by atoms with Gasteiger partial charge in [0.2, 0.25) is 0 Å². The molecule has 0 aromatic heterocycles. The van der Waals surface area contributed by atoms with Crippen LogP contribution in [-0.4, -0.2) is 13.2 Å². The van der Waals surface area contributed by atoms with Crippen LogP contribution in [0.15, 0.2) is 24.3 Å². The van der Waals surface area contributed by atoms with Gasteiger partial charge in [0.25, 0.3) is 0 Å². The molecule has 1 aliphatic rings. The fourth-order valence-electron chi connectivity index (χ4n) is 1.51. The van der Waals surface area contributed by atoms with Crippen molar-refractivity contribution in [3.63, 3.8) is 0 Å². The van der Waals surface area contributed by atoms with Crippen molar-refractivity contribution in [2.75, 3.05) is 7.11 Å². The highest BCUT2D eigenvalue weighted by Crippen LogP contribution is 2.45. The molecule has 0 radical (unpaired) electrons. The Labute approximate surface area is 82.9 Å². The number of nitrogens with zero attached hydrogens (tertiary/aromatic N) is 1. The zero-order chi connectivity index (χ0) is 10.2. The smallest absolute Gasteiger partial charge is 0.178 e. The molecule has 1 heterocycles. The largest absolute Gasteiger partial charge is 0.497 e. The first-order valence-corrected chi connectivity index (χ1v) is 4.42. The number of rotatable bonds is 2. The molecule has 1 saturated heterocycles. The maximum absolute atomic E-state index is 8.72. The van der Waals surface area contributed by atoms with Crippen LogP contribution in [0.1, 0.15) is 12.5 Å². The summed E-state index contributed by atoms with van der Waals surface area (Å²) in [5, 5.41) is 8.72. The van der Waals surface area contributed by atoms with Crippen LogP contribution in [0.5, 0.6) is 5.75 Å². The zero-order valence-corrected chi connectivity index (χ0v) is 8.15. The molecule has 2 atom stereocenters. The Bertz CT molecular complexity index is 397. The number of hydrogen-bond acceptors (Lipinski definition) is 3. The van der Waals surface area contributed by atoms with Gasteiger partial charge >= 0.3 is 0 Å². The summed E-state index contributed by atoms with van der Waals surface area (Å²) in [5.74, 6) is 0.788. The van der Waals surface area contributed by atoms with Crippen molar-refractivity contribution < 1.29 is 9.47 Å². The molecule has 1 aromatic rings. The summed E-state index contributed by atoms with van der Waals surface area (Å²) in [7, 11) is 1.62. The Kier molecular flexibility index (Phi) is 1.94. The fraction of sp³-hybridized carbons (Fsp3) is 0.364. The highest BCUT2D eigenvalue weighted by molar-refractivity contribution is 5.37. The van der Waals surface area contributed by atoms with E-state index in [0.717, 1.165) is 11.3 Å². The van der Waals surface area contributed by atoms with Crippen LogP contribution in [0.2, 0.25) is 0 Å². The second-order valence-corrected chi connectivity index (χ2v) is 3.47. The van der Waals surface area contributed by atoms with Crippen LogP contribution in [-0.2, 0) is 10.3 Å². The summed E-state index contributed by atoms with van der Waals surface area (Å²) in [6.07, 6.45) is -0.324. The van der Waals surface area contributed by atoms with E-state index in [1.165, 1.54) is 0 Å². The summed E-state index contributed by atoms with van der Waals surface area (Å²) in [6.45, 7) is 1.91. The Morgan fingerprint density at radius 3 is 2.93 bits per heavy atom. The van der Waals surface area contributed by atoms with Crippen molar-refractivity contribution in [2.24, 2.45) is 0 Å². The van der Waals surface area contributed by atoms with Gasteiger partial charge in [-0.1, -0.05) is 12.1 Å². The number of epoxide rings is 1. The summed E-state index contributed by atoms with van der Waals surface area (Å²) >= 11 is 0. The molecule has 14 heavy (non-hydrogen) atoms. The molecule has 2 rings (SSSR count). The first-order valence-electron chi connectivity index (χ1n) is 4.42. The SMILES string of the molecule is COc1cccc(C2(C)OC2C#N)c1. The van der Waals surface area contributed by atoms with Gasteiger partial charge in [0.05, 0.1) is 13.2 Å². The van der Waals surface area contributed by atoms with Crippen molar-refractivity contribution in [3.05, 3.63) is 29.8 Å². The van der Waals surface area contributed by atoms with Gasteiger partial charge in [-0.25, -0.2) is 0 Å². The number of hydrogen-bond donors (Lipinski definition) is 0. The molecule has 3 nitrogen and oxygen atoms in total. The van der Waals surface area contributed by atoms with E-state index in [-0.39, 0.29) is 6.10 Å². The van der Waals surface area contributed by atoms with E-state index in [0.29, 0.717) is 0 Å². The fourth-order valence-corrected chi connectivity index (χ4v) is 1.51. The third-order valence-electron chi connectivity index (χ3n) is 2.57. The predicted molar refractivity (Wildman–Crippen MR) is 50.8 cm³/mol. The highest BCUT2D eigenvalue weighted by Gasteiger charge is 2.54. The van der Waals surface area contributed by atoms with Crippen molar-refractivity contribution in [2.45, 2.75) is 18.6 Å². The standard InChI is InChI=1S/C11H11NO2/c1-11(10(7-12)14-11)8-4-3-5-9(6-8)13-2/h3-6,10H,1-2H3. The number of ether oxygens (including phenoxy) is 2. The zero-order valence-electron chi connectivity index (χ0n) is 8.15. The number of nitriles is 1. The quantitative estimate of drug-likeness (QED) is 0.667. The van der Waals surface area contributed by atoms with Gasteiger partial charge in [0.1, 0.15) is 11.4 Å². The third kappa shape index (κ3) is 1.24. The Morgan fingerprint density at radius 2 is 2.36 bits per heavy atom. The number of benzene rings is 1. The molecular formula is C11H11NO2. The highest BCUT2D eigenvalue weighted by atomic mass is 16.6. The van der Waals surface area contributed by atoms with Gasteiger partial charge in [0, 0.05) is 0 Å². The van der Waals surface area contributed by atoms with E-state index in [4.69, 9.17) is 14.7 Å². The van der Waals surface area contributed by atoms with Crippen LogP contribution in [0.25, 0.3) is 0 Å². The van der Waals surface area contributed by atoms with Crippen LogP contribution in [0, 0.1) is 11.3 Å². The topological polar surface area (TPSA) is 45.5 Å². The summed E-state index contributed by atoms with van der Waals surface area (Å²) in [4.78, 5) is 0. The minimum absolute atomic E-state index is 0.324. The van der Waals surface area contributed by atoms with Crippen LogP contribution < -0.4 is 4.74 Å². The molecular weight excluding hydrogens is 178 g/mol. The van der Waals surface area contributed by atoms with Crippen LogP contribution in [0.4, 0.5) is 0 Å². The van der Waals surface area contributed by atoms with Crippen molar-refractivity contribution in [3.8, 4) is 11.8 Å². The lowest BCUT2D eigenvalue weighted by Crippen LogP contribution is -2.06. The Hall–Kier alpha value is -1.53. The minimum Gasteiger partial charge on any atom is -0.497 e. The molecule has 1 aliphatic heterocycles. The average molecular weight is 189 g/mol. The second-order valence-electron chi connectivity index (χ2n) is 3.47. The first kappa shape index (κ1) is 9.04. The summed E-state index contributed by atoms with van der Waals surface area (Å²) in [5.41, 5.74) is 0.548. The molecule has 2 unspecified atom stereocenters. The molecule has 0 saturated carbocycles. The van der Waals surface area contributed by atoms with Crippen molar-refractivity contribution in [1.82, 2.24) is 0 Å². The lowest BCUT2D eigenvalue weighted by Gasteiger charge is -2.07. The third-order valence-corrected chi connectivity index (χ3v) is 2.57. The van der Waals surface area contributed by atoms with E-state index >= 15 is 0 Å². The molecule has 0 spiro atoms. The molecule has 0 aliphatic carbocycles. The maximum Gasteiger partial charge on any atom is 0.178 e. The summed E-state index contributed by atoms with van der Waals surface area (Å²) < 4.78 is 10.4. The van der Waals surface area contributed by atoms with Crippen molar-refractivity contribution in [1.29, 1.82) is 5.26 Å². The first-order chi connectivity index (χ1) is 6.70. The van der Waals surface area contributed by atoms with Gasteiger partial charge in [-0.2, -0.15) is 5.26 Å². The normalized spacial score (nSPS) is 29.4. The van der Waals surface area contributed by atoms with E-state index in [9.17, 15) is 0 Å². The predicted octanol–water partition coefficient (Wildman–Crippen LogP) is 1.83. The molecule has 3 heteroatoms. The Balaban J connectivity index is 2.30. The van der Waals surface area contributed by atoms with E-state index in [1.807, 2.05) is 31.2 Å². The van der Waals surface area contributed by atoms with E-state index < -0.39 is 5.60 Å². The van der Waals surface area contributed by atoms with E-state index in [1.54, 1.807) is 7.11 Å². The monoisotopic (exact) mass is 189 g/mol.